The van der Waals surface area contributed by atoms with Gasteiger partial charge in [-0.25, -0.2) is 4.57 Å². The highest BCUT2D eigenvalue weighted by atomic mass is 35.5. The van der Waals surface area contributed by atoms with Gasteiger partial charge in [-0.05, 0) is 42.9 Å². The van der Waals surface area contributed by atoms with Crippen molar-refractivity contribution < 1.29 is 18.1 Å². The Hall–Kier alpha value is -1.14. The Morgan fingerprint density at radius 1 is 0.895 bits per heavy atom. The van der Waals surface area contributed by atoms with Crippen LogP contribution in [0.3, 0.4) is 0 Å². The van der Waals surface area contributed by atoms with Gasteiger partial charge < -0.3 is 4.52 Å². The van der Waals surface area contributed by atoms with Crippen LogP contribution in [0.1, 0.15) is 79.1 Å². The van der Waals surface area contributed by atoms with E-state index in [-0.39, 0.29) is 51.7 Å². The largest absolute Gasteiger partial charge is 0.530 e. The number of phosphoric acid groups is 1. The molecule has 0 bridgehead atoms. The molecular weight excluding hydrogens is 562 g/mol. The van der Waals surface area contributed by atoms with E-state index in [0.29, 0.717) is 10.1 Å². The molecule has 2 atom stereocenters. The lowest BCUT2D eigenvalue weighted by Gasteiger charge is -2.24. The Labute approximate surface area is 240 Å². The summed E-state index contributed by atoms with van der Waals surface area (Å²) in [6.07, 6.45) is 7.98. The standard InChI is InChI=1S/C29H39Cl2O5PS/c1-5-9-13-20(7-3)18-34-37(33,35-19-21(8-4)14-10-6-2)36-29-23(30)17-25-26(27(29)31)28(32)22-15-11-12-16-24(22)38-25/h11-12,15-17,20-21H,5-10,13-14,18-19H2,1-4H3. The predicted molar refractivity (Wildman–Crippen MR) is 162 cm³/mol. The molecule has 0 radical (unpaired) electrons. The lowest BCUT2D eigenvalue weighted by Crippen LogP contribution is -2.15. The van der Waals surface area contributed by atoms with Crippen molar-refractivity contribution in [3.63, 3.8) is 0 Å². The quantitative estimate of drug-likeness (QED) is 0.121. The number of phosphoric ester groups is 1. The van der Waals surface area contributed by atoms with Crippen molar-refractivity contribution in [2.45, 2.75) is 79.1 Å². The molecule has 2 aromatic carbocycles. The van der Waals surface area contributed by atoms with Gasteiger partial charge in [0.15, 0.2) is 11.2 Å². The zero-order valence-corrected chi connectivity index (χ0v) is 26.0. The fourth-order valence-corrected chi connectivity index (χ4v) is 7.70. The van der Waals surface area contributed by atoms with Crippen LogP contribution in [0.5, 0.6) is 5.75 Å². The minimum Gasteiger partial charge on any atom is -0.401 e. The smallest absolute Gasteiger partial charge is 0.401 e. The highest BCUT2D eigenvalue weighted by Gasteiger charge is 2.33. The molecule has 9 heteroatoms. The first-order valence-electron chi connectivity index (χ1n) is 13.7. The maximum Gasteiger partial charge on any atom is 0.530 e. The summed E-state index contributed by atoms with van der Waals surface area (Å²) in [6, 6.07) is 8.97. The molecule has 0 saturated carbocycles. The molecule has 0 N–H and O–H groups in total. The summed E-state index contributed by atoms with van der Waals surface area (Å²) in [5.74, 6) is 0.398. The molecule has 2 unspecified atom stereocenters. The van der Waals surface area contributed by atoms with Crippen molar-refractivity contribution in [3.8, 4) is 5.75 Å². The second kappa shape index (κ2) is 15.0. The summed E-state index contributed by atoms with van der Waals surface area (Å²) in [5, 5.41) is 1.00. The van der Waals surface area contributed by atoms with E-state index in [0.717, 1.165) is 56.1 Å². The number of rotatable bonds is 16. The molecule has 5 nitrogen and oxygen atoms in total. The second-order valence-corrected chi connectivity index (χ2v) is 13.2. The van der Waals surface area contributed by atoms with Gasteiger partial charge in [-0.1, -0.05) is 102 Å². The van der Waals surface area contributed by atoms with Gasteiger partial charge in [0.05, 0.1) is 28.6 Å². The SMILES string of the molecule is CCCCC(CC)COP(=O)(OCC(CC)CCCC)Oc1c(Cl)cc2sc3ccccc3c(=O)c2c1Cl. The van der Waals surface area contributed by atoms with Crippen LogP contribution in [-0.2, 0) is 13.6 Å². The lowest BCUT2D eigenvalue weighted by atomic mass is 10.0. The zero-order chi connectivity index (χ0) is 27.7. The third-order valence-electron chi connectivity index (χ3n) is 6.94. The third kappa shape index (κ3) is 7.96. The predicted octanol–water partition coefficient (Wildman–Crippen LogP) is 10.7. The van der Waals surface area contributed by atoms with Gasteiger partial charge in [0.1, 0.15) is 0 Å². The van der Waals surface area contributed by atoms with Crippen LogP contribution < -0.4 is 9.95 Å². The van der Waals surface area contributed by atoms with Gasteiger partial charge >= 0.3 is 7.82 Å². The van der Waals surface area contributed by atoms with Crippen LogP contribution in [0.25, 0.3) is 20.2 Å². The number of unbranched alkanes of at least 4 members (excludes halogenated alkanes) is 2. The molecule has 38 heavy (non-hydrogen) atoms. The van der Waals surface area contributed by atoms with E-state index < -0.39 is 7.82 Å². The van der Waals surface area contributed by atoms with E-state index in [1.165, 1.54) is 11.3 Å². The van der Waals surface area contributed by atoms with E-state index in [2.05, 4.69) is 27.7 Å². The van der Waals surface area contributed by atoms with E-state index in [1.807, 2.05) is 18.2 Å². The molecule has 1 heterocycles. The summed E-state index contributed by atoms with van der Waals surface area (Å²) in [5.41, 5.74) is -0.228. The molecule has 0 amide bonds. The van der Waals surface area contributed by atoms with Crippen molar-refractivity contribution in [1.82, 2.24) is 0 Å². The number of halogens is 2. The fraction of sp³-hybridized carbons (Fsp3) is 0.552. The summed E-state index contributed by atoms with van der Waals surface area (Å²) < 4.78 is 33.3. The maximum atomic E-state index is 14.0. The number of hydrogen-bond acceptors (Lipinski definition) is 6. The van der Waals surface area contributed by atoms with Gasteiger partial charge in [0, 0.05) is 14.8 Å². The lowest BCUT2D eigenvalue weighted by molar-refractivity contribution is 0.115. The molecule has 0 saturated heterocycles. The first-order valence-corrected chi connectivity index (χ1v) is 16.7. The first kappa shape index (κ1) is 31.4. The van der Waals surface area contributed by atoms with Crippen LogP contribution >= 0.6 is 42.4 Å². The minimum atomic E-state index is -4.10. The molecule has 3 rings (SSSR count). The van der Waals surface area contributed by atoms with E-state index in [4.69, 9.17) is 36.8 Å². The highest BCUT2D eigenvalue weighted by Crippen LogP contribution is 2.54. The Balaban J connectivity index is 1.97. The van der Waals surface area contributed by atoms with Crippen LogP contribution in [0.15, 0.2) is 35.1 Å². The van der Waals surface area contributed by atoms with Crippen LogP contribution in [0.2, 0.25) is 10.0 Å². The molecule has 0 aliphatic rings. The molecule has 0 aliphatic heterocycles. The van der Waals surface area contributed by atoms with Gasteiger partial charge in [0.25, 0.3) is 0 Å². The van der Waals surface area contributed by atoms with Crippen molar-refractivity contribution in [2.24, 2.45) is 11.8 Å². The van der Waals surface area contributed by atoms with Crippen molar-refractivity contribution in [1.29, 1.82) is 0 Å². The van der Waals surface area contributed by atoms with Gasteiger partial charge in [0.2, 0.25) is 0 Å². The zero-order valence-electron chi connectivity index (χ0n) is 22.8. The average molecular weight is 602 g/mol. The first-order chi connectivity index (χ1) is 18.3. The van der Waals surface area contributed by atoms with Crippen molar-refractivity contribution in [2.75, 3.05) is 13.2 Å². The van der Waals surface area contributed by atoms with E-state index in [9.17, 15) is 9.36 Å². The maximum absolute atomic E-state index is 14.0. The fourth-order valence-electron chi connectivity index (χ4n) is 4.34. The highest BCUT2D eigenvalue weighted by molar-refractivity contribution is 7.49. The van der Waals surface area contributed by atoms with Gasteiger partial charge in [-0.2, -0.15) is 0 Å². The Morgan fingerprint density at radius 3 is 2.03 bits per heavy atom. The summed E-state index contributed by atoms with van der Waals surface area (Å²) in [7, 11) is -4.10. The van der Waals surface area contributed by atoms with E-state index >= 15 is 0 Å². The minimum absolute atomic E-state index is 0.0166. The molecular formula is C29H39Cl2O5PS. The number of benzene rings is 2. The van der Waals surface area contributed by atoms with Crippen molar-refractivity contribution in [3.05, 3.63) is 50.6 Å². The van der Waals surface area contributed by atoms with Crippen LogP contribution in [0, 0.1) is 11.8 Å². The van der Waals surface area contributed by atoms with Crippen molar-refractivity contribution >= 4 is 62.5 Å². The number of fused-ring (bicyclic) bond motifs is 2. The Bertz CT molecular complexity index is 1290. The monoisotopic (exact) mass is 600 g/mol. The normalized spacial score (nSPS) is 15.0. The third-order valence-corrected chi connectivity index (χ3v) is 10.0. The topological polar surface area (TPSA) is 61.8 Å². The Kier molecular flexibility index (Phi) is 12.4. The van der Waals surface area contributed by atoms with E-state index in [1.54, 1.807) is 12.1 Å². The molecule has 0 aliphatic carbocycles. The molecule has 0 spiro atoms. The van der Waals surface area contributed by atoms with Crippen LogP contribution in [-0.4, -0.2) is 13.2 Å². The Morgan fingerprint density at radius 2 is 1.47 bits per heavy atom. The average Bonchev–Trinajstić information content (AvgIpc) is 2.91. The molecule has 3 aromatic rings. The van der Waals surface area contributed by atoms with Crippen LogP contribution in [0.4, 0.5) is 0 Å². The van der Waals surface area contributed by atoms with Gasteiger partial charge in [-0.3, -0.25) is 13.8 Å². The number of hydrogen-bond donors (Lipinski definition) is 0. The molecule has 0 fully saturated rings. The molecule has 210 valence electrons. The summed E-state index contributed by atoms with van der Waals surface area (Å²) in [6.45, 7) is 8.94. The summed E-state index contributed by atoms with van der Waals surface area (Å²) in [4.78, 5) is 13.3. The summed E-state index contributed by atoms with van der Waals surface area (Å²) >= 11 is 14.8. The molecule has 1 aromatic heterocycles. The second-order valence-electron chi connectivity index (χ2n) is 9.77. The van der Waals surface area contributed by atoms with Gasteiger partial charge in [-0.15, -0.1) is 11.3 Å².